The average molecular weight is 264 g/mol. The Morgan fingerprint density at radius 3 is 3.00 bits per heavy atom. The lowest BCUT2D eigenvalue weighted by Gasteiger charge is -2.19. The molecule has 104 valence electrons. The molecule has 0 bridgehead atoms. The fourth-order valence-electron chi connectivity index (χ4n) is 2.25. The van der Waals surface area contributed by atoms with E-state index in [1.807, 2.05) is 12.1 Å². The summed E-state index contributed by atoms with van der Waals surface area (Å²) in [7, 11) is 1.60. The standard InChI is InChI=1S/C14H20N2O3/c1-18-7-4-14(17)16-13-10-19-9-12(13)8-11-2-5-15-6-3-11/h2-3,5-6,12-13H,4,7-10H2,1H3,(H,16,17)/t12-,13-/m1/s1. The molecule has 0 radical (unpaired) electrons. The Balaban J connectivity index is 1.85. The van der Waals surface area contributed by atoms with Crippen LogP contribution in [0.5, 0.6) is 0 Å². The molecule has 1 aliphatic rings. The molecule has 0 unspecified atom stereocenters. The first-order chi connectivity index (χ1) is 9.29. The molecule has 1 fully saturated rings. The highest BCUT2D eigenvalue weighted by Crippen LogP contribution is 2.19. The number of rotatable bonds is 6. The zero-order valence-electron chi connectivity index (χ0n) is 11.2. The van der Waals surface area contributed by atoms with Crippen molar-refractivity contribution in [1.82, 2.24) is 10.3 Å². The summed E-state index contributed by atoms with van der Waals surface area (Å²) in [5.74, 6) is 0.353. The summed E-state index contributed by atoms with van der Waals surface area (Å²) >= 11 is 0. The second-order valence-corrected chi connectivity index (χ2v) is 4.77. The lowest BCUT2D eigenvalue weighted by molar-refractivity contribution is -0.122. The van der Waals surface area contributed by atoms with E-state index in [9.17, 15) is 4.79 Å². The predicted molar refractivity (Wildman–Crippen MR) is 70.7 cm³/mol. The Morgan fingerprint density at radius 1 is 1.47 bits per heavy atom. The van der Waals surface area contributed by atoms with Crippen molar-refractivity contribution < 1.29 is 14.3 Å². The fourth-order valence-corrected chi connectivity index (χ4v) is 2.25. The van der Waals surface area contributed by atoms with Crippen molar-refractivity contribution in [3.05, 3.63) is 30.1 Å². The number of amides is 1. The molecule has 1 saturated heterocycles. The van der Waals surface area contributed by atoms with Gasteiger partial charge in [0.1, 0.15) is 0 Å². The normalized spacial score (nSPS) is 22.4. The largest absolute Gasteiger partial charge is 0.384 e. The van der Waals surface area contributed by atoms with Crippen LogP contribution in [0.1, 0.15) is 12.0 Å². The van der Waals surface area contributed by atoms with Gasteiger partial charge in [0.15, 0.2) is 0 Å². The number of pyridine rings is 1. The monoisotopic (exact) mass is 264 g/mol. The van der Waals surface area contributed by atoms with Gasteiger partial charge in [-0.1, -0.05) is 0 Å². The lowest BCUT2D eigenvalue weighted by Crippen LogP contribution is -2.40. The molecule has 2 rings (SSSR count). The zero-order valence-corrected chi connectivity index (χ0v) is 11.2. The molecule has 5 heteroatoms. The van der Waals surface area contributed by atoms with Crippen molar-refractivity contribution in [3.8, 4) is 0 Å². The Morgan fingerprint density at radius 2 is 2.26 bits per heavy atom. The minimum Gasteiger partial charge on any atom is -0.384 e. The van der Waals surface area contributed by atoms with Crippen molar-refractivity contribution >= 4 is 5.91 Å². The van der Waals surface area contributed by atoms with Crippen LogP contribution in [0.3, 0.4) is 0 Å². The van der Waals surface area contributed by atoms with E-state index in [1.165, 1.54) is 5.56 Å². The maximum Gasteiger partial charge on any atom is 0.222 e. The Bertz CT molecular complexity index is 397. The molecule has 1 aromatic heterocycles. The molecular formula is C14H20N2O3. The van der Waals surface area contributed by atoms with Crippen LogP contribution in [0.4, 0.5) is 0 Å². The second-order valence-electron chi connectivity index (χ2n) is 4.77. The topological polar surface area (TPSA) is 60.5 Å². The highest BCUT2D eigenvalue weighted by molar-refractivity contribution is 5.76. The van der Waals surface area contributed by atoms with Crippen molar-refractivity contribution in [2.75, 3.05) is 26.9 Å². The number of aromatic nitrogens is 1. The smallest absolute Gasteiger partial charge is 0.222 e. The number of nitrogens with zero attached hydrogens (tertiary/aromatic N) is 1. The van der Waals surface area contributed by atoms with Gasteiger partial charge in [0.05, 0.1) is 25.9 Å². The number of carbonyl (C=O) groups excluding carboxylic acids is 1. The van der Waals surface area contributed by atoms with Crippen LogP contribution in [0, 0.1) is 5.92 Å². The average Bonchev–Trinajstić information content (AvgIpc) is 2.85. The Kier molecular flexibility index (Phi) is 5.30. The van der Waals surface area contributed by atoms with Gasteiger partial charge in [-0.25, -0.2) is 0 Å². The summed E-state index contributed by atoms with van der Waals surface area (Å²) in [4.78, 5) is 15.7. The number of hydrogen-bond donors (Lipinski definition) is 1. The minimum atomic E-state index is 0.0251. The molecule has 2 atom stereocenters. The highest BCUT2D eigenvalue weighted by atomic mass is 16.5. The first-order valence-electron chi connectivity index (χ1n) is 6.54. The van der Waals surface area contributed by atoms with Gasteiger partial charge in [-0.05, 0) is 24.1 Å². The molecule has 19 heavy (non-hydrogen) atoms. The second kappa shape index (κ2) is 7.21. The zero-order chi connectivity index (χ0) is 13.5. The molecule has 1 N–H and O–H groups in total. The van der Waals surface area contributed by atoms with Crippen molar-refractivity contribution in [1.29, 1.82) is 0 Å². The molecule has 0 spiro atoms. The van der Waals surface area contributed by atoms with E-state index in [1.54, 1.807) is 19.5 Å². The van der Waals surface area contributed by atoms with Gasteiger partial charge in [0.2, 0.25) is 5.91 Å². The Labute approximate surface area is 113 Å². The van der Waals surface area contributed by atoms with E-state index in [0.717, 1.165) is 6.42 Å². The number of hydrogen-bond acceptors (Lipinski definition) is 4. The van der Waals surface area contributed by atoms with E-state index < -0.39 is 0 Å². The van der Waals surface area contributed by atoms with Gasteiger partial charge in [-0.15, -0.1) is 0 Å². The SMILES string of the molecule is COCCC(=O)N[C@@H]1COC[C@H]1Cc1ccncc1. The third-order valence-electron chi connectivity index (χ3n) is 3.33. The number of ether oxygens (including phenoxy) is 2. The van der Waals surface area contributed by atoms with Crippen LogP contribution in [-0.4, -0.2) is 43.9 Å². The first-order valence-corrected chi connectivity index (χ1v) is 6.54. The third kappa shape index (κ3) is 4.29. The molecule has 0 aromatic carbocycles. The van der Waals surface area contributed by atoms with Gasteiger partial charge < -0.3 is 14.8 Å². The van der Waals surface area contributed by atoms with E-state index >= 15 is 0 Å². The first kappa shape index (κ1) is 14.0. The summed E-state index contributed by atoms with van der Waals surface area (Å²) < 4.78 is 10.4. The maximum absolute atomic E-state index is 11.7. The van der Waals surface area contributed by atoms with Gasteiger partial charge >= 0.3 is 0 Å². The molecule has 5 nitrogen and oxygen atoms in total. The summed E-state index contributed by atoms with van der Waals surface area (Å²) in [6.45, 7) is 1.74. The van der Waals surface area contributed by atoms with Crippen LogP contribution in [0.25, 0.3) is 0 Å². The molecular weight excluding hydrogens is 244 g/mol. The van der Waals surface area contributed by atoms with Gasteiger partial charge in [0.25, 0.3) is 0 Å². The summed E-state index contributed by atoms with van der Waals surface area (Å²) in [5, 5.41) is 3.02. The summed E-state index contributed by atoms with van der Waals surface area (Å²) in [5.41, 5.74) is 1.22. The number of methoxy groups -OCH3 is 1. The molecule has 0 aliphatic carbocycles. The van der Waals surface area contributed by atoms with Gasteiger partial charge in [0, 0.05) is 31.8 Å². The molecule has 1 amide bonds. The van der Waals surface area contributed by atoms with Crippen molar-refractivity contribution in [2.24, 2.45) is 5.92 Å². The third-order valence-corrected chi connectivity index (χ3v) is 3.33. The maximum atomic E-state index is 11.7. The number of carbonyl (C=O) groups is 1. The summed E-state index contributed by atoms with van der Waals surface area (Å²) in [6.07, 6.45) is 4.88. The molecule has 1 aliphatic heterocycles. The van der Waals surface area contributed by atoms with Crippen LogP contribution < -0.4 is 5.32 Å². The number of nitrogens with one attached hydrogen (secondary N) is 1. The van der Waals surface area contributed by atoms with Crippen LogP contribution in [-0.2, 0) is 20.7 Å². The van der Waals surface area contributed by atoms with Crippen LogP contribution in [0.2, 0.25) is 0 Å². The quantitative estimate of drug-likeness (QED) is 0.825. The van der Waals surface area contributed by atoms with Crippen LogP contribution >= 0.6 is 0 Å². The summed E-state index contributed by atoms with van der Waals surface area (Å²) in [6, 6.07) is 4.10. The van der Waals surface area contributed by atoms with E-state index in [-0.39, 0.29) is 11.9 Å². The lowest BCUT2D eigenvalue weighted by atomic mass is 9.95. The van der Waals surface area contributed by atoms with E-state index in [0.29, 0.717) is 32.2 Å². The minimum absolute atomic E-state index is 0.0251. The molecule has 1 aromatic rings. The van der Waals surface area contributed by atoms with Gasteiger partial charge in [-0.3, -0.25) is 9.78 Å². The molecule has 2 heterocycles. The van der Waals surface area contributed by atoms with Gasteiger partial charge in [-0.2, -0.15) is 0 Å². The van der Waals surface area contributed by atoms with Crippen molar-refractivity contribution in [3.63, 3.8) is 0 Å². The van der Waals surface area contributed by atoms with E-state index in [4.69, 9.17) is 9.47 Å². The van der Waals surface area contributed by atoms with Crippen LogP contribution in [0.15, 0.2) is 24.5 Å². The highest BCUT2D eigenvalue weighted by Gasteiger charge is 2.29. The van der Waals surface area contributed by atoms with E-state index in [2.05, 4.69) is 10.3 Å². The molecule has 0 saturated carbocycles. The van der Waals surface area contributed by atoms with Crippen molar-refractivity contribution in [2.45, 2.75) is 18.9 Å². The fraction of sp³-hybridized carbons (Fsp3) is 0.571. The Hall–Kier alpha value is -1.46. The predicted octanol–water partition coefficient (Wildman–Crippen LogP) is 0.792.